The summed E-state index contributed by atoms with van der Waals surface area (Å²) in [5, 5.41) is 0. The maximum absolute atomic E-state index is 13.7. The summed E-state index contributed by atoms with van der Waals surface area (Å²) in [6.07, 6.45) is 8.45. The summed E-state index contributed by atoms with van der Waals surface area (Å²) in [6.45, 7) is 3.58. The fraction of sp³-hybridized carbons (Fsp3) is 0.407. The van der Waals surface area contributed by atoms with Crippen LogP contribution in [0.5, 0.6) is 0 Å². The van der Waals surface area contributed by atoms with Gasteiger partial charge in [-0.3, -0.25) is 14.5 Å². The molecule has 160 valence electrons. The fourth-order valence-electron chi connectivity index (χ4n) is 5.50. The number of carbonyl (C=O) groups is 2. The van der Waals surface area contributed by atoms with Gasteiger partial charge >= 0.3 is 0 Å². The lowest BCUT2D eigenvalue weighted by molar-refractivity contribution is -0.139. The predicted molar refractivity (Wildman–Crippen MR) is 124 cm³/mol. The largest absolute Gasteiger partial charge is 0.363 e. The number of para-hydroxylation sites is 1. The van der Waals surface area contributed by atoms with E-state index in [1.807, 2.05) is 18.2 Å². The van der Waals surface area contributed by atoms with Gasteiger partial charge in [-0.05, 0) is 41.7 Å². The molecule has 2 unspecified atom stereocenters. The van der Waals surface area contributed by atoms with Gasteiger partial charge in [0.1, 0.15) is 0 Å². The summed E-state index contributed by atoms with van der Waals surface area (Å²) in [6, 6.07) is 16.5. The van der Waals surface area contributed by atoms with Crippen molar-refractivity contribution in [3.8, 4) is 0 Å². The molecule has 3 heterocycles. The van der Waals surface area contributed by atoms with E-state index in [0.717, 1.165) is 43.5 Å². The topological polar surface area (TPSA) is 40.6 Å². The monoisotopic (exact) mass is 414 g/mol. The zero-order valence-corrected chi connectivity index (χ0v) is 18.2. The Hall–Kier alpha value is -2.88. The minimum absolute atomic E-state index is 0.0220. The van der Waals surface area contributed by atoms with Gasteiger partial charge in [0.25, 0.3) is 5.91 Å². The Bertz CT molecular complexity index is 1040. The molecule has 0 spiro atoms. The first-order chi connectivity index (χ1) is 15.2. The van der Waals surface area contributed by atoms with Crippen LogP contribution in [0.15, 0.2) is 54.1 Å². The third-order valence-electron chi connectivity index (χ3n) is 7.05. The second kappa shape index (κ2) is 8.33. The number of hydrogen-bond acceptors (Lipinski definition) is 3. The van der Waals surface area contributed by atoms with Crippen molar-refractivity contribution in [2.75, 3.05) is 18.0 Å². The van der Waals surface area contributed by atoms with E-state index in [9.17, 15) is 9.59 Å². The Balaban J connectivity index is 1.54. The van der Waals surface area contributed by atoms with Crippen molar-refractivity contribution < 1.29 is 9.59 Å². The minimum Gasteiger partial charge on any atom is -0.363 e. The van der Waals surface area contributed by atoms with E-state index in [4.69, 9.17) is 0 Å². The number of unbranched alkanes of at least 4 members (excludes halogenated alkanes) is 4. The van der Waals surface area contributed by atoms with Crippen LogP contribution in [0.3, 0.4) is 0 Å². The molecule has 3 aliphatic rings. The summed E-state index contributed by atoms with van der Waals surface area (Å²) in [4.78, 5) is 31.0. The van der Waals surface area contributed by atoms with E-state index >= 15 is 0 Å². The summed E-state index contributed by atoms with van der Waals surface area (Å²) in [5.41, 5.74) is 5.30. The Kier molecular flexibility index (Phi) is 5.39. The third kappa shape index (κ3) is 3.38. The number of amides is 2. The maximum Gasteiger partial charge on any atom is 0.257 e. The zero-order chi connectivity index (χ0) is 21.4. The van der Waals surface area contributed by atoms with Crippen LogP contribution in [-0.2, 0) is 16.0 Å². The average Bonchev–Trinajstić information content (AvgIpc) is 2.94. The molecular weight excluding hydrogens is 384 g/mol. The average molecular weight is 415 g/mol. The fourth-order valence-corrected chi connectivity index (χ4v) is 5.50. The minimum atomic E-state index is -0.433. The van der Waals surface area contributed by atoms with Gasteiger partial charge in [0.2, 0.25) is 5.91 Å². The Morgan fingerprint density at radius 1 is 0.935 bits per heavy atom. The Morgan fingerprint density at radius 3 is 2.58 bits per heavy atom. The molecule has 2 amide bonds. The van der Waals surface area contributed by atoms with Crippen LogP contribution in [0.25, 0.3) is 6.08 Å². The lowest BCUT2D eigenvalue weighted by Crippen LogP contribution is -2.42. The van der Waals surface area contributed by atoms with Gasteiger partial charge in [0.05, 0.1) is 12.0 Å². The molecule has 0 aromatic heterocycles. The Labute approximate surface area is 184 Å². The highest BCUT2D eigenvalue weighted by molar-refractivity contribution is 6.18. The van der Waals surface area contributed by atoms with Gasteiger partial charge in [0, 0.05) is 24.4 Å². The molecule has 0 saturated carbocycles. The van der Waals surface area contributed by atoms with Crippen LogP contribution in [0.2, 0.25) is 0 Å². The molecule has 2 aromatic rings. The molecule has 0 aliphatic carbocycles. The van der Waals surface area contributed by atoms with Crippen molar-refractivity contribution >= 4 is 23.6 Å². The van der Waals surface area contributed by atoms with Crippen molar-refractivity contribution in [2.24, 2.45) is 5.92 Å². The molecule has 0 N–H and O–H groups in total. The molecule has 3 aliphatic heterocycles. The van der Waals surface area contributed by atoms with Crippen molar-refractivity contribution in [1.29, 1.82) is 0 Å². The first kappa shape index (κ1) is 20.0. The van der Waals surface area contributed by atoms with E-state index in [2.05, 4.69) is 48.2 Å². The van der Waals surface area contributed by atoms with Gasteiger partial charge in [-0.25, -0.2) is 0 Å². The number of fused-ring (bicyclic) bond motifs is 7. The molecule has 0 radical (unpaired) electrons. The van der Waals surface area contributed by atoms with E-state index < -0.39 is 5.92 Å². The predicted octanol–water partition coefficient (Wildman–Crippen LogP) is 5.14. The highest BCUT2D eigenvalue weighted by Crippen LogP contribution is 2.48. The first-order valence-corrected chi connectivity index (χ1v) is 11.7. The molecule has 5 rings (SSSR count). The smallest absolute Gasteiger partial charge is 0.257 e. The number of anilines is 1. The van der Waals surface area contributed by atoms with E-state index in [0.29, 0.717) is 12.1 Å². The number of imide groups is 1. The SMILES string of the molecule is CCCCCCCN1C(=O)C2=Cc3ccccc3N3CCc4ccccc4C3C2C1=O. The van der Waals surface area contributed by atoms with Crippen LogP contribution < -0.4 is 4.90 Å². The Morgan fingerprint density at radius 2 is 1.71 bits per heavy atom. The van der Waals surface area contributed by atoms with E-state index in [1.54, 1.807) is 0 Å². The van der Waals surface area contributed by atoms with Crippen LogP contribution in [0.4, 0.5) is 5.69 Å². The van der Waals surface area contributed by atoms with Gasteiger partial charge in [-0.15, -0.1) is 0 Å². The lowest BCUT2D eigenvalue weighted by Gasteiger charge is -2.41. The summed E-state index contributed by atoms with van der Waals surface area (Å²) in [5.74, 6) is -0.548. The highest BCUT2D eigenvalue weighted by atomic mass is 16.2. The van der Waals surface area contributed by atoms with Gasteiger partial charge in [-0.1, -0.05) is 75.1 Å². The normalized spacial score (nSPS) is 21.8. The van der Waals surface area contributed by atoms with E-state index in [1.165, 1.54) is 28.9 Å². The molecule has 4 nitrogen and oxygen atoms in total. The molecule has 2 atom stereocenters. The van der Waals surface area contributed by atoms with Gasteiger partial charge < -0.3 is 4.90 Å². The lowest BCUT2D eigenvalue weighted by atomic mass is 9.82. The zero-order valence-electron chi connectivity index (χ0n) is 18.2. The molecule has 2 aromatic carbocycles. The summed E-state index contributed by atoms with van der Waals surface area (Å²) < 4.78 is 0. The van der Waals surface area contributed by atoms with Gasteiger partial charge in [-0.2, -0.15) is 0 Å². The number of carbonyl (C=O) groups excluding carboxylic acids is 2. The van der Waals surface area contributed by atoms with Crippen LogP contribution in [0.1, 0.15) is 61.8 Å². The number of likely N-dealkylation sites (tertiary alicyclic amines) is 1. The molecule has 4 heteroatoms. The number of rotatable bonds is 6. The molecule has 1 saturated heterocycles. The van der Waals surface area contributed by atoms with Crippen molar-refractivity contribution in [3.05, 3.63) is 70.8 Å². The van der Waals surface area contributed by atoms with Crippen molar-refractivity contribution in [1.82, 2.24) is 4.90 Å². The number of hydrogen-bond donors (Lipinski definition) is 0. The number of nitrogens with zero attached hydrogens (tertiary/aromatic N) is 2. The standard InChI is InChI=1S/C27H30N2O2/c1-2-3-4-5-10-16-29-26(30)22-18-20-12-7-9-14-23(20)28-17-15-19-11-6-8-13-21(19)25(28)24(22)27(29)31/h6-9,11-14,18,24-25H,2-5,10,15-17H2,1H3. The highest BCUT2D eigenvalue weighted by Gasteiger charge is 2.51. The summed E-state index contributed by atoms with van der Waals surface area (Å²) in [7, 11) is 0. The second-order valence-electron chi connectivity index (χ2n) is 8.93. The third-order valence-corrected chi connectivity index (χ3v) is 7.05. The molecule has 0 bridgehead atoms. The first-order valence-electron chi connectivity index (χ1n) is 11.7. The van der Waals surface area contributed by atoms with Crippen LogP contribution in [0, 0.1) is 5.92 Å². The molecular formula is C27H30N2O2. The van der Waals surface area contributed by atoms with Gasteiger partial charge in [0.15, 0.2) is 0 Å². The van der Waals surface area contributed by atoms with Crippen molar-refractivity contribution in [2.45, 2.75) is 51.5 Å². The summed E-state index contributed by atoms with van der Waals surface area (Å²) >= 11 is 0. The molecule has 31 heavy (non-hydrogen) atoms. The number of benzene rings is 2. The second-order valence-corrected chi connectivity index (χ2v) is 8.93. The van der Waals surface area contributed by atoms with Crippen molar-refractivity contribution in [3.63, 3.8) is 0 Å². The molecule has 1 fully saturated rings. The van der Waals surface area contributed by atoms with Crippen LogP contribution in [-0.4, -0.2) is 29.8 Å². The quantitative estimate of drug-likeness (QED) is 0.485. The maximum atomic E-state index is 13.7. The van der Waals surface area contributed by atoms with Crippen LogP contribution >= 0.6 is 0 Å². The van der Waals surface area contributed by atoms with E-state index in [-0.39, 0.29) is 17.9 Å².